The molecule has 0 aromatic heterocycles. The lowest BCUT2D eigenvalue weighted by molar-refractivity contribution is -0.130. The summed E-state index contributed by atoms with van der Waals surface area (Å²) >= 11 is 0. The average Bonchev–Trinajstić information content (AvgIpc) is 3.18. The molecule has 1 N–H and O–H groups in total. The number of carbonyl (C=O) groups excluding carboxylic acids is 1. The van der Waals surface area contributed by atoms with Gasteiger partial charge >= 0.3 is 0 Å². The lowest BCUT2D eigenvalue weighted by Gasteiger charge is -2.17. The molecular weight excluding hydrogens is 326 g/mol. The maximum absolute atomic E-state index is 12.1. The van der Waals surface area contributed by atoms with Crippen LogP contribution in [0.3, 0.4) is 0 Å². The first kappa shape index (κ1) is 18.5. The minimum Gasteiger partial charge on any atom is -0.494 e. The topological polar surface area (TPSA) is 47.6 Å². The molecule has 0 radical (unpaired) electrons. The Balaban J connectivity index is 1.55. The van der Waals surface area contributed by atoms with Crippen molar-refractivity contribution < 1.29 is 14.3 Å². The molecule has 1 aliphatic heterocycles. The molecule has 3 rings (SSSR count). The van der Waals surface area contributed by atoms with Gasteiger partial charge in [-0.15, -0.1) is 0 Å². The maximum Gasteiger partial charge on any atom is 0.249 e. The molecule has 2 unspecified atom stereocenters. The van der Waals surface area contributed by atoms with Gasteiger partial charge < -0.3 is 14.8 Å². The maximum atomic E-state index is 12.1. The van der Waals surface area contributed by atoms with Crippen LogP contribution in [0, 0.1) is 0 Å². The lowest BCUT2D eigenvalue weighted by Crippen LogP contribution is -2.40. The molecule has 2 aromatic rings. The first-order valence-corrected chi connectivity index (χ1v) is 9.40. The normalized spacial score (nSPS) is 17.7. The van der Waals surface area contributed by atoms with E-state index in [4.69, 9.17) is 9.47 Å². The van der Waals surface area contributed by atoms with Crippen molar-refractivity contribution in [2.45, 2.75) is 45.3 Å². The van der Waals surface area contributed by atoms with Gasteiger partial charge in [-0.1, -0.05) is 36.4 Å². The molecule has 26 heavy (non-hydrogen) atoms. The summed E-state index contributed by atoms with van der Waals surface area (Å²) in [5, 5.41) is 3.06. The minimum absolute atomic E-state index is 0.0148. The number of benzene rings is 2. The quantitative estimate of drug-likeness (QED) is 0.819. The fourth-order valence-corrected chi connectivity index (χ4v) is 3.27. The molecule has 1 saturated heterocycles. The van der Waals surface area contributed by atoms with Crippen molar-refractivity contribution in [3.05, 3.63) is 54.1 Å². The molecule has 1 amide bonds. The molecule has 0 saturated carbocycles. The molecule has 1 heterocycles. The SMILES string of the molecule is CCOc1ccc(-c2ccc(CC(C)NC(=O)C3CCCO3)cc2)cc1. The second-order valence-corrected chi connectivity index (χ2v) is 6.77. The van der Waals surface area contributed by atoms with Crippen molar-refractivity contribution in [3.63, 3.8) is 0 Å². The van der Waals surface area contributed by atoms with Crippen molar-refractivity contribution in [2.24, 2.45) is 0 Å². The number of hydrogen-bond acceptors (Lipinski definition) is 3. The van der Waals surface area contributed by atoms with Crippen LogP contribution in [0.2, 0.25) is 0 Å². The van der Waals surface area contributed by atoms with Crippen molar-refractivity contribution in [3.8, 4) is 16.9 Å². The van der Waals surface area contributed by atoms with E-state index >= 15 is 0 Å². The predicted octanol–water partition coefficient (Wildman–Crippen LogP) is 3.98. The van der Waals surface area contributed by atoms with Crippen molar-refractivity contribution >= 4 is 5.91 Å². The molecular formula is C22H27NO3. The Morgan fingerprint density at radius 3 is 2.38 bits per heavy atom. The Bertz CT molecular complexity index is 703. The van der Waals surface area contributed by atoms with Gasteiger partial charge in [-0.3, -0.25) is 4.79 Å². The molecule has 4 nitrogen and oxygen atoms in total. The Kier molecular flexibility index (Phi) is 6.29. The van der Waals surface area contributed by atoms with Crippen LogP contribution < -0.4 is 10.1 Å². The molecule has 1 aliphatic rings. The molecule has 1 fully saturated rings. The highest BCUT2D eigenvalue weighted by atomic mass is 16.5. The zero-order chi connectivity index (χ0) is 18.4. The van der Waals surface area contributed by atoms with Crippen molar-refractivity contribution in [1.29, 1.82) is 0 Å². The highest BCUT2D eigenvalue weighted by molar-refractivity contribution is 5.81. The van der Waals surface area contributed by atoms with E-state index < -0.39 is 0 Å². The summed E-state index contributed by atoms with van der Waals surface area (Å²) in [5.41, 5.74) is 3.55. The Morgan fingerprint density at radius 2 is 1.81 bits per heavy atom. The highest BCUT2D eigenvalue weighted by Gasteiger charge is 2.24. The van der Waals surface area contributed by atoms with Crippen LogP contribution in [0.15, 0.2) is 48.5 Å². The van der Waals surface area contributed by atoms with E-state index in [0.717, 1.165) is 25.0 Å². The van der Waals surface area contributed by atoms with Crippen LogP contribution in [0.1, 0.15) is 32.3 Å². The number of nitrogens with one attached hydrogen (secondary N) is 1. The zero-order valence-corrected chi connectivity index (χ0v) is 15.5. The first-order chi connectivity index (χ1) is 12.7. The van der Waals surface area contributed by atoms with E-state index in [1.54, 1.807) is 0 Å². The number of amides is 1. The summed E-state index contributed by atoms with van der Waals surface area (Å²) in [6.45, 7) is 5.39. The van der Waals surface area contributed by atoms with E-state index in [2.05, 4.69) is 41.7 Å². The van der Waals surface area contributed by atoms with E-state index in [0.29, 0.717) is 13.2 Å². The Labute approximate surface area is 155 Å². The predicted molar refractivity (Wildman–Crippen MR) is 103 cm³/mol. The van der Waals surface area contributed by atoms with E-state index in [1.165, 1.54) is 16.7 Å². The van der Waals surface area contributed by atoms with E-state index in [-0.39, 0.29) is 18.1 Å². The molecule has 0 bridgehead atoms. The van der Waals surface area contributed by atoms with Gasteiger partial charge in [0.25, 0.3) is 0 Å². The van der Waals surface area contributed by atoms with Crippen LogP contribution in [-0.2, 0) is 16.0 Å². The number of carbonyl (C=O) groups is 1. The van der Waals surface area contributed by atoms with Crippen LogP contribution in [0.25, 0.3) is 11.1 Å². The Morgan fingerprint density at radius 1 is 1.15 bits per heavy atom. The monoisotopic (exact) mass is 353 g/mol. The Hall–Kier alpha value is -2.33. The molecule has 138 valence electrons. The van der Waals surface area contributed by atoms with Gasteiger partial charge in [-0.25, -0.2) is 0 Å². The van der Waals surface area contributed by atoms with Gasteiger partial charge in [0.05, 0.1) is 6.61 Å². The molecule has 2 atom stereocenters. The largest absolute Gasteiger partial charge is 0.494 e. The number of rotatable bonds is 7. The smallest absolute Gasteiger partial charge is 0.249 e. The molecule has 2 aromatic carbocycles. The average molecular weight is 353 g/mol. The van der Waals surface area contributed by atoms with Gasteiger partial charge in [0.1, 0.15) is 11.9 Å². The fraction of sp³-hybridized carbons (Fsp3) is 0.409. The summed E-state index contributed by atoms with van der Waals surface area (Å²) in [6, 6.07) is 16.7. The minimum atomic E-state index is -0.264. The summed E-state index contributed by atoms with van der Waals surface area (Å²) in [4.78, 5) is 12.1. The third-order valence-electron chi connectivity index (χ3n) is 4.61. The van der Waals surface area contributed by atoms with Gasteiger partial charge in [0, 0.05) is 12.6 Å². The van der Waals surface area contributed by atoms with Crippen LogP contribution in [0.5, 0.6) is 5.75 Å². The first-order valence-electron chi connectivity index (χ1n) is 9.40. The second kappa shape index (κ2) is 8.86. The van der Waals surface area contributed by atoms with Crippen LogP contribution in [-0.4, -0.2) is 31.3 Å². The molecule has 4 heteroatoms. The van der Waals surface area contributed by atoms with Gasteiger partial charge in [0.2, 0.25) is 5.91 Å². The standard InChI is InChI=1S/C22H27NO3/c1-3-25-20-12-10-19(11-13-20)18-8-6-17(7-9-18)15-16(2)23-22(24)21-5-4-14-26-21/h6-13,16,21H,3-5,14-15H2,1-2H3,(H,23,24). The third-order valence-corrected chi connectivity index (χ3v) is 4.61. The van der Waals surface area contributed by atoms with Crippen molar-refractivity contribution in [2.75, 3.05) is 13.2 Å². The van der Waals surface area contributed by atoms with Gasteiger partial charge in [-0.2, -0.15) is 0 Å². The molecule has 0 aliphatic carbocycles. The molecule has 0 spiro atoms. The highest BCUT2D eigenvalue weighted by Crippen LogP contribution is 2.23. The number of ether oxygens (including phenoxy) is 2. The zero-order valence-electron chi connectivity index (χ0n) is 15.5. The van der Waals surface area contributed by atoms with E-state index in [9.17, 15) is 4.79 Å². The van der Waals surface area contributed by atoms with Crippen molar-refractivity contribution in [1.82, 2.24) is 5.32 Å². The van der Waals surface area contributed by atoms with Crippen LogP contribution in [0.4, 0.5) is 0 Å². The summed E-state index contributed by atoms with van der Waals surface area (Å²) in [5.74, 6) is 0.907. The summed E-state index contributed by atoms with van der Waals surface area (Å²) in [6.07, 6.45) is 2.34. The van der Waals surface area contributed by atoms with Crippen LogP contribution >= 0.6 is 0 Å². The number of hydrogen-bond donors (Lipinski definition) is 1. The fourth-order valence-electron chi connectivity index (χ4n) is 3.27. The lowest BCUT2D eigenvalue weighted by atomic mass is 10.0. The summed E-state index contributed by atoms with van der Waals surface area (Å²) < 4.78 is 10.9. The van der Waals surface area contributed by atoms with E-state index in [1.807, 2.05) is 26.0 Å². The third kappa shape index (κ3) is 4.85. The van der Waals surface area contributed by atoms with Gasteiger partial charge in [0.15, 0.2) is 0 Å². The second-order valence-electron chi connectivity index (χ2n) is 6.77. The summed E-state index contributed by atoms with van der Waals surface area (Å²) in [7, 11) is 0. The van der Waals surface area contributed by atoms with Gasteiger partial charge in [-0.05, 0) is 61.9 Å².